The van der Waals surface area contributed by atoms with Gasteiger partial charge >= 0.3 is 0 Å². The molecule has 0 aliphatic carbocycles. The van der Waals surface area contributed by atoms with Gasteiger partial charge in [-0.25, -0.2) is 9.37 Å². The minimum Gasteiger partial charge on any atom is -0.354 e. The highest BCUT2D eigenvalue weighted by Gasteiger charge is 2.24. The van der Waals surface area contributed by atoms with Gasteiger partial charge in [0.15, 0.2) is 0 Å². The summed E-state index contributed by atoms with van der Waals surface area (Å²) in [5.41, 5.74) is 3.24. The highest BCUT2D eigenvalue weighted by Crippen LogP contribution is 2.35. The molecule has 3 aromatic heterocycles. The van der Waals surface area contributed by atoms with Crippen molar-refractivity contribution in [1.82, 2.24) is 25.1 Å². The van der Waals surface area contributed by atoms with Crippen LogP contribution in [0.1, 0.15) is 12.5 Å². The molecule has 6 nitrogen and oxygen atoms in total. The zero-order valence-corrected chi connectivity index (χ0v) is 14.8. The summed E-state index contributed by atoms with van der Waals surface area (Å²) in [5.74, 6) is 0.763. The molecule has 0 radical (unpaired) electrons. The Morgan fingerprint density at radius 2 is 2.12 bits per heavy atom. The molecule has 0 spiro atoms. The van der Waals surface area contributed by atoms with Crippen LogP contribution in [0.25, 0.3) is 22.2 Å². The topological polar surface area (TPSA) is 58.9 Å². The van der Waals surface area contributed by atoms with Crippen LogP contribution >= 0.6 is 11.6 Å². The molecule has 2 fully saturated rings. The average Bonchev–Trinajstić information content (AvgIpc) is 3.22. The van der Waals surface area contributed by atoms with Crippen LogP contribution in [-0.2, 0) is 0 Å². The van der Waals surface area contributed by atoms with E-state index < -0.39 is 6.17 Å². The highest BCUT2D eigenvalue weighted by molar-refractivity contribution is 6.34. The van der Waals surface area contributed by atoms with E-state index in [1.165, 1.54) is 0 Å². The van der Waals surface area contributed by atoms with Gasteiger partial charge in [-0.05, 0) is 18.6 Å². The van der Waals surface area contributed by atoms with Crippen LogP contribution in [0, 0.1) is 0 Å². The van der Waals surface area contributed by atoms with Gasteiger partial charge in [0.1, 0.15) is 17.5 Å². The lowest BCUT2D eigenvalue weighted by Gasteiger charge is -2.27. The lowest BCUT2D eigenvalue weighted by atomic mass is 10.1. The van der Waals surface area contributed by atoms with Gasteiger partial charge in [0.2, 0.25) is 0 Å². The Bertz CT molecular complexity index is 969. The van der Waals surface area contributed by atoms with Crippen molar-refractivity contribution in [2.24, 2.45) is 0 Å². The molecular weight excluding hydrogens is 355 g/mol. The van der Waals surface area contributed by atoms with E-state index in [1.54, 1.807) is 6.20 Å². The zero-order chi connectivity index (χ0) is 17.7. The molecule has 2 saturated heterocycles. The van der Waals surface area contributed by atoms with Crippen LogP contribution in [-0.4, -0.2) is 52.1 Å². The SMILES string of the molecule is FC1CCN(c2ccc3ncc(Cl)c(-c4cnn(C5CNC5)c4)c3n2)C1. The van der Waals surface area contributed by atoms with E-state index in [0.29, 0.717) is 30.6 Å². The Labute approximate surface area is 155 Å². The summed E-state index contributed by atoms with van der Waals surface area (Å²) in [6.45, 7) is 2.91. The standard InChI is InChI=1S/C18H18ClFN6/c19-14-8-22-15-1-2-16(25-4-3-12(20)10-25)24-18(15)17(14)11-5-23-26(9-11)13-6-21-7-13/h1-2,5,8-9,12-13,21H,3-4,6-7,10H2. The third kappa shape index (κ3) is 2.62. The lowest BCUT2D eigenvalue weighted by molar-refractivity contribution is 0.318. The van der Waals surface area contributed by atoms with Crippen molar-refractivity contribution in [3.63, 3.8) is 0 Å². The maximum atomic E-state index is 13.6. The predicted octanol–water partition coefficient (Wildman–Crippen LogP) is 2.84. The number of fused-ring (bicyclic) bond motifs is 1. The molecule has 3 aromatic rings. The number of nitrogens with zero attached hydrogens (tertiary/aromatic N) is 5. The molecule has 1 atom stereocenters. The Hall–Kier alpha value is -2.25. The fourth-order valence-electron chi connectivity index (χ4n) is 3.54. The number of hydrogen-bond acceptors (Lipinski definition) is 5. The smallest absolute Gasteiger partial charge is 0.129 e. The van der Waals surface area contributed by atoms with Crippen molar-refractivity contribution in [2.75, 3.05) is 31.1 Å². The molecule has 0 amide bonds. The Morgan fingerprint density at radius 1 is 1.23 bits per heavy atom. The van der Waals surface area contributed by atoms with Crippen molar-refractivity contribution in [1.29, 1.82) is 0 Å². The molecule has 0 saturated carbocycles. The van der Waals surface area contributed by atoms with Crippen LogP contribution in [0.5, 0.6) is 0 Å². The van der Waals surface area contributed by atoms with Gasteiger partial charge in [-0.2, -0.15) is 5.10 Å². The van der Waals surface area contributed by atoms with E-state index in [1.807, 2.05) is 34.1 Å². The second-order valence-electron chi connectivity index (χ2n) is 6.87. The minimum absolute atomic E-state index is 0.380. The molecular formula is C18H18ClFN6. The summed E-state index contributed by atoms with van der Waals surface area (Å²) < 4.78 is 15.5. The molecule has 5 heterocycles. The third-order valence-corrected chi connectivity index (χ3v) is 5.42. The maximum absolute atomic E-state index is 13.6. The summed E-state index contributed by atoms with van der Waals surface area (Å²) in [7, 11) is 0. The number of anilines is 1. The third-order valence-electron chi connectivity index (χ3n) is 5.13. The van der Waals surface area contributed by atoms with Gasteiger partial charge < -0.3 is 10.2 Å². The van der Waals surface area contributed by atoms with E-state index in [2.05, 4.69) is 15.4 Å². The number of hydrogen-bond donors (Lipinski definition) is 1. The molecule has 1 unspecified atom stereocenters. The Kier molecular flexibility index (Phi) is 3.79. The number of halogens is 2. The van der Waals surface area contributed by atoms with E-state index >= 15 is 0 Å². The average molecular weight is 373 g/mol. The predicted molar refractivity (Wildman–Crippen MR) is 99.4 cm³/mol. The first-order chi connectivity index (χ1) is 12.7. The van der Waals surface area contributed by atoms with Gasteiger partial charge in [-0.1, -0.05) is 11.6 Å². The fourth-order valence-corrected chi connectivity index (χ4v) is 3.78. The van der Waals surface area contributed by atoms with Gasteiger partial charge in [0, 0.05) is 43.2 Å². The highest BCUT2D eigenvalue weighted by atomic mass is 35.5. The summed E-state index contributed by atoms with van der Waals surface area (Å²) in [6.07, 6.45) is 5.23. The number of alkyl halides is 1. The molecule has 0 aromatic carbocycles. The van der Waals surface area contributed by atoms with E-state index in [-0.39, 0.29) is 0 Å². The van der Waals surface area contributed by atoms with Gasteiger partial charge in [-0.3, -0.25) is 9.67 Å². The zero-order valence-electron chi connectivity index (χ0n) is 14.1. The number of aromatic nitrogens is 4. The van der Waals surface area contributed by atoms with Crippen molar-refractivity contribution >= 4 is 28.5 Å². The van der Waals surface area contributed by atoms with E-state index in [0.717, 1.165) is 41.1 Å². The van der Waals surface area contributed by atoms with E-state index in [4.69, 9.17) is 16.6 Å². The Morgan fingerprint density at radius 3 is 2.85 bits per heavy atom. The summed E-state index contributed by atoms with van der Waals surface area (Å²) in [5, 5.41) is 8.27. The molecule has 134 valence electrons. The second kappa shape index (κ2) is 6.17. The molecule has 8 heteroatoms. The molecule has 1 N–H and O–H groups in total. The van der Waals surface area contributed by atoms with E-state index in [9.17, 15) is 4.39 Å². The first-order valence-electron chi connectivity index (χ1n) is 8.78. The van der Waals surface area contributed by atoms with Crippen molar-refractivity contribution in [2.45, 2.75) is 18.6 Å². The summed E-state index contributed by atoms with van der Waals surface area (Å²) in [4.78, 5) is 11.1. The fraction of sp³-hybridized carbons (Fsp3) is 0.389. The monoisotopic (exact) mass is 372 g/mol. The van der Waals surface area contributed by atoms with Crippen molar-refractivity contribution in [3.05, 3.63) is 35.7 Å². The van der Waals surface area contributed by atoms with Gasteiger partial charge in [0.05, 0.1) is 29.3 Å². The Balaban J connectivity index is 1.60. The van der Waals surface area contributed by atoms with Crippen LogP contribution in [0.2, 0.25) is 5.02 Å². The summed E-state index contributed by atoms with van der Waals surface area (Å²) in [6, 6.07) is 4.20. The number of pyridine rings is 2. The van der Waals surface area contributed by atoms with Gasteiger partial charge in [-0.15, -0.1) is 0 Å². The lowest BCUT2D eigenvalue weighted by Crippen LogP contribution is -2.43. The first kappa shape index (κ1) is 16.0. The van der Waals surface area contributed by atoms with Crippen LogP contribution in [0.3, 0.4) is 0 Å². The van der Waals surface area contributed by atoms with Crippen LogP contribution in [0.15, 0.2) is 30.7 Å². The molecule has 0 bridgehead atoms. The van der Waals surface area contributed by atoms with Crippen LogP contribution < -0.4 is 10.2 Å². The van der Waals surface area contributed by atoms with Gasteiger partial charge in [0.25, 0.3) is 0 Å². The first-order valence-corrected chi connectivity index (χ1v) is 9.16. The minimum atomic E-state index is -0.793. The largest absolute Gasteiger partial charge is 0.354 e. The van der Waals surface area contributed by atoms with Crippen LogP contribution in [0.4, 0.5) is 10.2 Å². The van der Waals surface area contributed by atoms with Crippen molar-refractivity contribution < 1.29 is 4.39 Å². The molecule has 26 heavy (non-hydrogen) atoms. The quantitative estimate of drug-likeness (QED) is 0.766. The second-order valence-corrected chi connectivity index (χ2v) is 7.28. The molecule has 2 aliphatic rings. The molecule has 2 aliphatic heterocycles. The maximum Gasteiger partial charge on any atom is 0.129 e. The molecule has 5 rings (SSSR count). The normalized spacial score (nSPS) is 20.7. The number of nitrogens with one attached hydrogen (secondary N) is 1. The summed E-state index contributed by atoms with van der Waals surface area (Å²) >= 11 is 6.48. The van der Waals surface area contributed by atoms with Crippen molar-refractivity contribution in [3.8, 4) is 11.1 Å². The number of rotatable bonds is 3.